The number of hydrogen-bond acceptors (Lipinski definition) is 5. The van der Waals surface area contributed by atoms with Crippen molar-refractivity contribution in [1.29, 1.82) is 0 Å². The lowest BCUT2D eigenvalue weighted by Gasteiger charge is -2.39. The third kappa shape index (κ3) is 5.85. The minimum Gasteiger partial charge on any atom is -0.478 e. The Balaban J connectivity index is 0.000000281. The summed E-state index contributed by atoms with van der Waals surface area (Å²) in [6, 6.07) is 0.481. The quantitative estimate of drug-likeness (QED) is 0.605. The first-order valence-electron chi connectivity index (χ1n) is 11.4. The number of allylic oxidation sites excluding steroid dienone is 8. The number of likely N-dealkylation sites (N-methyl/N-ethyl adjacent to an activating group) is 1. The molecule has 6 nitrogen and oxygen atoms in total. The van der Waals surface area contributed by atoms with Crippen molar-refractivity contribution in [1.82, 2.24) is 9.80 Å². The number of hydrogen-bond donors (Lipinski definition) is 2. The summed E-state index contributed by atoms with van der Waals surface area (Å²) in [5.41, 5.74) is 6.18. The zero-order chi connectivity index (χ0) is 23.4. The van der Waals surface area contributed by atoms with E-state index in [4.69, 9.17) is 10.2 Å². The molecule has 5 aliphatic rings. The van der Waals surface area contributed by atoms with E-state index < -0.39 is 11.9 Å². The van der Waals surface area contributed by atoms with Crippen LogP contribution in [0.5, 0.6) is 0 Å². The molecule has 0 aromatic carbocycles. The molecule has 0 spiro atoms. The molecule has 3 aliphatic carbocycles. The molecule has 5 rings (SSSR count). The van der Waals surface area contributed by atoms with Gasteiger partial charge < -0.3 is 15.1 Å². The molecular weight excluding hydrogens is 436 g/mol. The summed E-state index contributed by atoms with van der Waals surface area (Å²) in [6.45, 7) is 4.73. The first-order chi connectivity index (χ1) is 15.9. The van der Waals surface area contributed by atoms with Crippen LogP contribution in [0, 0.1) is 0 Å². The van der Waals surface area contributed by atoms with Gasteiger partial charge in [-0.25, -0.2) is 9.59 Å². The molecule has 1 fully saturated rings. The van der Waals surface area contributed by atoms with Crippen molar-refractivity contribution < 1.29 is 19.8 Å². The SMILES string of the molecule is CN1CCN(C2C=C3CCCC=C3SC3=C2CC2=CC=CC2=C3)CC1.O=C(O)/C=C\C(=O)O. The Morgan fingerprint density at radius 2 is 1.82 bits per heavy atom. The maximum atomic E-state index is 9.55. The molecule has 0 saturated carbocycles. The Bertz CT molecular complexity index is 1020. The predicted molar refractivity (Wildman–Crippen MR) is 132 cm³/mol. The second-order valence-electron chi connectivity index (χ2n) is 8.77. The summed E-state index contributed by atoms with van der Waals surface area (Å²) >= 11 is 2.04. The van der Waals surface area contributed by atoms with E-state index >= 15 is 0 Å². The Morgan fingerprint density at radius 1 is 1.09 bits per heavy atom. The summed E-state index contributed by atoms with van der Waals surface area (Å²) in [5.74, 6) is -2.51. The predicted octanol–water partition coefficient (Wildman–Crippen LogP) is 4.14. The van der Waals surface area contributed by atoms with Crippen molar-refractivity contribution in [3.63, 3.8) is 0 Å². The van der Waals surface area contributed by atoms with Crippen LogP contribution in [0.1, 0.15) is 25.7 Å². The third-order valence-electron chi connectivity index (χ3n) is 6.46. The molecule has 1 unspecified atom stereocenters. The molecule has 33 heavy (non-hydrogen) atoms. The lowest BCUT2D eigenvalue weighted by Crippen LogP contribution is -2.49. The fourth-order valence-electron chi connectivity index (χ4n) is 4.68. The molecule has 0 aromatic rings. The highest BCUT2D eigenvalue weighted by molar-refractivity contribution is 8.07. The molecule has 7 heteroatoms. The highest BCUT2D eigenvalue weighted by Crippen LogP contribution is 2.48. The smallest absolute Gasteiger partial charge is 0.328 e. The lowest BCUT2D eigenvalue weighted by molar-refractivity contribution is -0.134. The number of carboxylic acid groups (broad SMARTS) is 2. The van der Waals surface area contributed by atoms with Crippen LogP contribution in [0.3, 0.4) is 0 Å². The Hall–Kier alpha value is -2.61. The van der Waals surface area contributed by atoms with Crippen molar-refractivity contribution in [2.45, 2.75) is 31.7 Å². The summed E-state index contributed by atoms with van der Waals surface area (Å²) in [6.07, 6.45) is 20.4. The van der Waals surface area contributed by atoms with Gasteiger partial charge in [-0.05, 0) is 61.1 Å². The van der Waals surface area contributed by atoms with Gasteiger partial charge in [-0.3, -0.25) is 4.90 Å². The standard InChI is InChI=1S/C22H26N2S.C4H4O4/c1-23-9-11-24(12-10-23)20-14-18-5-2-3-8-21(18)25-22-15-17-7-4-6-16(17)13-19(20)22;5-3(6)1-2-4(7)8/h4,6-8,14-15,20H,2-3,5,9-13H2,1H3;1-2H,(H,5,6)(H,7,8)/b;2-1-. The molecule has 2 N–H and O–H groups in total. The largest absolute Gasteiger partial charge is 0.478 e. The minimum atomic E-state index is -1.26. The van der Waals surface area contributed by atoms with Crippen molar-refractivity contribution in [2.24, 2.45) is 0 Å². The second-order valence-corrected chi connectivity index (χ2v) is 9.85. The molecule has 174 valence electrons. The maximum absolute atomic E-state index is 9.55. The average molecular weight is 467 g/mol. The van der Waals surface area contributed by atoms with Crippen molar-refractivity contribution in [2.75, 3.05) is 33.2 Å². The summed E-state index contributed by atoms with van der Waals surface area (Å²) < 4.78 is 0. The van der Waals surface area contributed by atoms with Gasteiger partial charge in [0, 0.05) is 48.1 Å². The van der Waals surface area contributed by atoms with Crippen LogP contribution in [-0.2, 0) is 9.59 Å². The maximum Gasteiger partial charge on any atom is 0.328 e. The van der Waals surface area contributed by atoms with Crippen LogP contribution in [0.2, 0.25) is 0 Å². The highest BCUT2D eigenvalue weighted by Gasteiger charge is 2.32. The van der Waals surface area contributed by atoms with Gasteiger partial charge in [-0.15, -0.1) is 0 Å². The number of carboxylic acids is 2. The lowest BCUT2D eigenvalue weighted by atomic mass is 9.88. The van der Waals surface area contributed by atoms with Crippen LogP contribution in [0.25, 0.3) is 0 Å². The van der Waals surface area contributed by atoms with E-state index in [1.807, 2.05) is 11.8 Å². The van der Waals surface area contributed by atoms with Crippen LogP contribution >= 0.6 is 11.8 Å². The van der Waals surface area contributed by atoms with Crippen molar-refractivity contribution >= 4 is 23.7 Å². The van der Waals surface area contributed by atoms with E-state index in [1.54, 1.807) is 11.1 Å². The van der Waals surface area contributed by atoms with Crippen molar-refractivity contribution in [3.05, 3.63) is 80.7 Å². The number of thioether (sulfide) groups is 1. The van der Waals surface area contributed by atoms with Gasteiger partial charge in [-0.1, -0.05) is 42.1 Å². The Morgan fingerprint density at radius 3 is 2.52 bits per heavy atom. The summed E-state index contributed by atoms with van der Waals surface area (Å²) in [4.78, 5) is 27.3. The monoisotopic (exact) mass is 466 g/mol. The normalized spacial score (nSPS) is 24.9. The van der Waals surface area contributed by atoms with E-state index in [0.29, 0.717) is 18.2 Å². The Kier molecular flexibility index (Phi) is 7.53. The van der Waals surface area contributed by atoms with Crippen LogP contribution < -0.4 is 0 Å². The highest BCUT2D eigenvalue weighted by atomic mass is 32.2. The number of aliphatic carboxylic acids is 2. The molecule has 0 bridgehead atoms. The van der Waals surface area contributed by atoms with Gasteiger partial charge in [0.25, 0.3) is 0 Å². The molecule has 2 aliphatic heterocycles. The zero-order valence-electron chi connectivity index (χ0n) is 18.9. The molecule has 0 radical (unpaired) electrons. The van der Waals surface area contributed by atoms with Crippen LogP contribution in [-0.4, -0.2) is 71.2 Å². The van der Waals surface area contributed by atoms with Crippen molar-refractivity contribution in [3.8, 4) is 0 Å². The van der Waals surface area contributed by atoms with Gasteiger partial charge in [0.1, 0.15) is 0 Å². The van der Waals surface area contributed by atoms with E-state index in [0.717, 1.165) is 6.42 Å². The number of piperazine rings is 1. The van der Waals surface area contributed by atoms with E-state index in [2.05, 4.69) is 53.3 Å². The number of fused-ring (bicyclic) bond motifs is 2. The topological polar surface area (TPSA) is 81.1 Å². The fraction of sp³-hybridized carbons (Fsp3) is 0.385. The molecule has 1 saturated heterocycles. The number of carbonyl (C=O) groups is 2. The van der Waals surface area contributed by atoms with E-state index in [1.165, 1.54) is 66.4 Å². The molecular formula is C26H30N2O4S. The third-order valence-corrected chi connectivity index (χ3v) is 7.71. The minimum absolute atomic E-state index is 0.481. The summed E-state index contributed by atoms with van der Waals surface area (Å²) in [7, 11) is 2.25. The number of nitrogens with zero attached hydrogens (tertiary/aromatic N) is 2. The molecule has 0 aromatic heterocycles. The van der Waals surface area contributed by atoms with Gasteiger partial charge in [0.2, 0.25) is 0 Å². The van der Waals surface area contributed by atoms with Gasteiger partial charge in [0.05, 0.1) is 6.04 Å². The van der Waals surface area contributed by atoms with Gasteiger partial charge >= 0.3 is 11.9 Å². The molecule has 0 amide bonds. The molecule has 1 atom stereocenters. The second kappa shape index (κ2) is 10.5. The first-order valence-corrected chi connectivity index (χ1v) is 12.2. The fourth-order valence-corrected chi connectivity index (χ4v) is 5.92. The van der Waals surface area contributed by atoms with E-state index in [-0.39, 0.29) is 0 Å². The zero-order valence-corrected chi connectivity index (χ0v) is 19.7. The summed E-state index contributed by atoms with van der Waals surface area (Å²) in [5, 5.41) is 15.6. The number of rotatable bonds is 3. The van der Waals surface area contributed by atoms with Crippen LogP contribution in [0.15, 0.2) is 80.7 Å². The average Bonchev–Trinajstić information content (AvgIpc) is 3.18. The van der Waals surface area contributed by atoms with E-state index in [9.17, 15) is 9.59 Å². The Labute approximate surface area is 199 Å². The van der Waals surface area contributed by atoms with Gasteiger partial charge in [0.15, 0.2) is 0 Å². The van der Waals surface area contributed by atoms with Gasteiger partial charge in [-0.2, -0.15) is 0 Å². The van der Waals surface area contributed by atoms with Crippen LogP contribution in [0.4, 0.5) is 0 Å². The first kappa shape index (κ1) is 23.5. The molecule has 2 heterocycles.